The maximum Gasteiger partial charge on any atom is 0.236 e. The second kappa shape index (κ2) is 6.25. The number of likely N-dealkylation sites (tertiary alicyclic amines) is 1. The topological polar surface area (TPSA) is 90.0 Å². The van der Waals surface area contributed by atoms with Crippen LogP contribution in [0.2, 0.25) is 0 Å². The number of thiocarbonyl (C=S) groups is 1. The molecule has 6 nitrogen and oxygen atoms in total. The molecule has 1 heterocycles. The number of amides is 1. The van der Waals surface area contributed by atoms with Gasteiger partial charge in [-0.2, -0.15) is 0 Å². The van der Waals surface area contributed by atoms with Crippen LogP contribution in [0.1, 0.15) is 6.42 Å². The lowest BCUT2D eigenvalue weighted by Gasteiger charge is -2.21. The summed E-state index contributed by atoms with van der Waals surface area (Å²) in [4.78, 5) is 15.4. The molecule has 0 spiro atoms. The standard InChI is InChI=1S/C10H19N3O3S/c1-12(3-2-9(11)17)10(16)6-13-4-7(14)8(15)5-13/h7-8,14-15H,2-6H2,1H3,(H2,11,17). The van der Waals surface area contributed by atoms with E-state index in [1.54, 1.807) is 16.8 Å². The zero-order chi connectivity index (χ0) is 13.0. The number of β-amino-alcohol motifs (C(OH)–C–C–N with tert-alkyl or cyclic N) is 2. The molecule has 1 rings (SSSR count). The summed E-state index contributed by atoms with van der Waals surface area (Å²) < 4.78 is 0. The summed E-state index contributed by atoms with van der Waals surface area (Å²) in [5.41, 5.74) is 5.36. The molecule has 4 N–H and O–H groups in total. The lowest BCUT2D eigenvalue weighted by molar-refractivity contribution is -0.130. The molecule has 2 unspecified atom stereocenters. The summed E-state index contributed by atoms with van der Waals surface area (Å²) in [5.74, 6) is -0.0671. The van der Waals surface area contributed by atoms with E-state index in [9.17, 15) is 15.0 Å². The first kappa shape index (κ1) is 14.3. The van der Waals surface area contributed by atoms with E-state index >= 15 is 0 Å². The van der Waals surface area contributed by atoms with Gasteiger partial charge in [0, 0.05) is 33.1 Å². The van der Waals surface area contributed by atoms with Crippen molar-refractivity contribution in [1.82, 2.24) is 9.80 Å². The summed E-state index contributed by atoms with van der Waals surface area (Å²) in [6.45, 7) is 1.35. The van der Waals surface area contributed by atoms with Crippen molar-refractivity contribution < 1.29 is 15.0 Å². The Bertz CT molecular complexity index is 291. The van der Waals surface area contributed by atoms with E-state index in [0.717, 1.165) is 0 Å². The molecule has 1 amide bonds. The van der Waals surface area contributed by atoms with Crippen molar-refractivity contribution in [2.45, 2.75) is 18.6 Å². The van der Waals surface area contributed by atoms with E-state index in [2.05, 4.69) is 0 Å². The molecule has 2 atom stereocenters. The van der Waals surface area contributed by atoms with Crippen LogP contribution in [-0.2, 0) is 4.79 Å². The third-order valence-corrected chi connectivity index (χ3v) is 3.02. The smallest absolute Gasteiger partial charge is 0.236 e. The van der Waals surface area contributed by atoms with Gasteiger partial charge in [-0.05, 0) is 0 Å². The van der Waals surface area contributed by atoms with Crippen LogP contribution >= 0.6 is 12.2 Å². The maximum atomic E-state index is 11.8. The van der Waals surface area contributed by atoms with Crippen LogP contribution in [-0.4, -0.2) is 76.3 Å². The minimum absolute atomic E-state index is 0.0671. The van der Waals surface area contributed by atoms with Gasteiger partial charge in [0.15, 0.2) is 0 Å². The highest BCUT2D eigenvalue weighted by atomic mass is 32.1. The van der Waals surface area contributed by atoms with Crippen LogP contribution in [0.5, 0.6) is 0 Å². The highest BCUT2D eigenvalue weighted by Crippen LogP contribution is 2.09. The van der Waals surface area contributed by atoms with E-state index in [4.69, 9.17) is 18.0 Å². The second-order valence-electron chi connectivity index (χ2n) is 4.36. The van der Waals surface area contributed by atoms with Crippen molar-refractivity contribution in [3.05, 3.63) is 0 Å². The molecular formula is C10H19N3O3S. The predicted molar refractivity (Wildman–Crippen MR) is 67.5 cm³/mol. The first-order valence-corrected chi connectivity index (χ1v) is 5.91. The highest BCUT2D eigenvalue weighted by Gasteiger charge is 2.30. The lowest BCUT2D eigenvalue weighted by Crippen LogP contribution is -2.39. The number of aliphatic hydroxyl groups is 2. The largest absolute Gasteiger partial charge is 0.393 e. The van der Waals surface area contributed by atoms with Crippen LogP contribution in [0.15, 0.2) is 0 Å². The van der Waals surface area contributed by atoms with Crippen molar-refractivity contribution in [3.63, 3.8) is 0 Å². The molecule has 1 aliphatic rings. The number of aliphatic hydroxyl groups excluding tert-OH is 2. The van der Waals surface area contributed by atoms with Crippen LogP contribution in [0.3, 0.4) is 0 Å². The van der Waals surface area contributed by atoms with Gasteiger partial charge in [-0.15, -0.1) is 0 Å². The van der Waals surface area contributed by atoms with Gasteiger partial charge in [-0.1, -0.05) is 12.2 Å². The number of carbonyl (C=O) groups is 1. The molecule has 0 bridgehead atoms. The molecule has 0 radical (unpaired) electrons. The van der Waals surface area contributed by atoms with E-state index in [0.29, 0.717) is 31.0 Å². The van der Waals surface area contributed by atoms with Gasteiger partial charge in [0.1, 0.15) is 0 Å². The molecule has 0 aromatic rings. The lowest BCUT2D eigenvalue weighted by atomic mass is 10.3. The van der Waals surface area contributed by atoms with Crippen LogP contribution < -0.4 is 5.73 Å². The summed E-state index contributed by atoms with van der Waals surface area (Å²) >= 11 is 4.74. The first-order chi connectivity index (χ1) is 7.90. The number of nitrogens with zero attached hydrogens (tertiary/aromatic N) is 2. The van der Waals surface area contributed by atoms with Gasteiger partial charge < -0.3 is 20.8 Å². The molecule has 0 aromatic heterocycles. The summed E-state index contributed by atoms with van der Waals surface area (Å²) in [5, 5.41) is 18.7. The number of hydrogen-bond donors (Lipinski definition) is 3. The quantitative estimate of drug-likeness (QED) is 0.504. The van der Waals surface area contributed by atoms with Crippen molar-refractivity contribution in [1.29, 1.82) is 0 Å². The van der Waals surface area contributed by atoms with E-state index in [-0.39, 0.29) is 12.5 Å². The number of carbonyl (C=O) groups excluding carboxylic acids is 1. The fourth-order valence-corrected chi connectivity index (χ4v) is 1.78. The van der Waals surface area contributed by atoms with E-state index < -0.39 is 12.2 Å². The fraction of sp³-hybridized carbons (Fsp3) is 0.800. The SMILES string of the molecule is CN(CCC(N)=S)C(=O)CN1CC(O)C(O)C1. The third kappa shape index (κ3) is 4.55. The molecule has 7 heteroatoms. The summed E-state index contributed by atoms with van der Waals surface area (Å²) in [6.07, 6.45) is -1.02. The van der Waals surface area contributed by atoms with Gasteiger partial charge in [0.2, 0.25) is 5.91 Å². The Morgan fingerprint density at radius 2 is 2.00 bits per heavy atom. The monoisotopic (exact) mass is 261 g/mol. The van der Waals surface area contributed by atoms with Crippen molar-refractivity contribution >= 4 is 23.1 Å². The molecule has 98 valence electrons. The third-order valence-electron chi connectivity index (χ3n) is 2.81. The Morgan fingerprint density at radius 1 is 1.47 bits per heavy atom. The first-order valence-electron chi connectivity index (χ1n) is 5.51. The van der Waals surface area contributed by atoms with Gasteiger partial charge >= 0.3 is 0 Å². The van der Waals surface area contributed by atoms with Crippen LogP contribution in [0.25, 0.3) is 0 Å². The molecule has 1 fully saturated rings. The number of nitrogens with two attached hydrogens (primary N) is 1. The minimum atomic E-state index is -0.760. The van der Waals surface area contributed by atoms with E-state index in [1.165, 1.54) is 0 Å². The van der Waals surface area contributed by atoms with Crippen LogP contribution in [0.4, 0.5) is 0 Å². The average molecular weight is 261 g/mol. The Hall–Kier alpha value is -0.760. The number of rotatable bonds is 5. The Morgan fingerprint density at radius 3 is 2.47 bits per heavy atom. The van der Waals surface area contributed by atoms with Crippen LogP contribution in [0, 0.1) is 0 Å². The molecular weight excluding hydrogens is 242 g/mol. The molecule has 0 aliphatic carbocycles. The minimum Gasteiger partial charge on any atom is -0.393 e. The van der Waals surface area contributed by atoms with Crippen molar-refractivity contribution in [2.75, 3.05) is 33.2 Å². The molecule has 17 heavy (non-hydrogen) atoms. The Kier molecular flexibility index (Phi) is 5.26. The number of likely N-dealkylation sites (N-methyl/N-ethyl adjacent to an activating group) is 1. The maximum absolute atomic E-state index is 11.8. The van der Waals surface area contributed by atoms with Crippen molar-refractivity contribution in [3.8, 4) is 0 Å². The zero-order valence-corrected chi connectivity index (χ0v) is 10.7. The van der Waals surface area contributed by atoms with Gasteiger partial charge in [0.05, 0.1) is 23.7 Å². The number of hydrogen-bond acceptors (Lipinski definition) is 5. The fourth-order valence-electron chi connectivity index (χ4n) is 1.69. The highest BCUT2D eigenvalue weighted by molar-refractivity contribution is 7.80. The predicted octanol–water partition coefficient (Wildman–Crippen LogP) is -1.84. The van der Waals surface area contributed by atoms with Gasteiger partial charge in [-0.25, -0.2) is 0 Å². The molecule has 0 aromatic carbocycles. The average Bonchev–Trinajstić information content (AvgIpc) is 2.54. The second-order valence-corrected chi connectivity index (χ2v) is 4.88. The van der Waals surface area contributed by atoms with Gasteiger partial charge in [-0.3, -0.25) is 9.69 Å². The normalized spacial score (nSPS) is 24.9. The molecule has 1 aliphatic heterocycles. The van der Waals surface area contributed by atoms with Crippen molar-refractivity contribution in [2.24, 2.45) is 5.73 Å². The Labute approximate surface area is 106 Å². The Balaban J connectivity index is 2.31. The van der Waals surface area contributed by atoms with Gasteiger partial charge in [0.25, 0.3) is 0 Å². The summed E-state index contributed by atoms with van der Waals surface area (Å²) in [6, 6.07) is 0. The molecule has 1 saturated heterocycles. The summed E-state index contributed by atoms with van der Waals surface area (Å²) in [7, 11) is 1.68. The zero-order valence-electron chi connectivity index (χ0n) is 9.87. The van der Waals surface area contributed by atoms with E-state index in [1.807, 2.05) is 0 Å². The molecule has 0 saturated carbocycles.